The van der Waals surface area contributed by atoms with E-state index in [9.17, 15) is 4.79 Å². The minimum absolute atomic E-state index is 0.144. The van der Waals surface area contributed by atoms with E-state index in [4.69, 9.17) is 9.26 Å². The largest absolute Gasteiger partial charge is 0.439 e. The van der Waals surface area contributed by atoms with Gasteiger partial charge in [-0.25, -0.2) is 4.98 Å². The van der Waals surface area contributed by atoms with Crippen molar-refractivity contribution >= 4 is 21.8 Å². The summed E-state index contributed by atoms with van der Waals surface area (Å²) < 4.78 is 11.8. The zero-order chi connectivity index (χ0) is 20.1. The van der Waals surface area contributed by atoms with Crippen LogP contribution in [0, 0.1) is 0 Å². The Balaban J connectivity index is 1.35. The van der Waals surface area contributed by atoms with Gasteiger partial charge in [0.25, 0.3) is 11.8 Å². The lowest BCUT2D eigenvalue weighted by Gasteiger charge is -2.06. The van der Waals surface area contributed by atoms with Gasteiger partial charge in [0.2, 0.25) is 5.88 Å². The minimum Gasteiger partial charge on any atom is -0.439 e. The van der Waals surface area contributed by atoms with Gasteiger partial charge in [0, 0.05) is 22.3 Å². The van der Waals surface area contributed by atoms with Crippen LogP contribution in [-0.2, 0) is 6.54 Å². The van der Waals surface area contributed by atoms with Crippen LogP contribution in [0.25, 0.3) is 11.5 Å². The molecule has 0 aliphatic carbocycles. The number of hydrogen-bond donors (Lipinski definition) is 1. The summed E-state index contributed by atoms with van der Waals surface area (Å²) in [6.45, 7) is 0.144. The van der Waals surface area contributed by atoms with Crippen molar-refractivity contribution < 1.29 is 14.1 Å². The van der Waals surface area contributed by atoms with Crippen molar-refractivity contribution in [1.82, 2.24) is 20.4 Å². The van der Waals surface area contributed by atoms with Crippen LogP contribution < -0.4 is 10.1 Å². The molecule has 1 amide bonds. The van der Waals surface area contributed by atoms with Gasteiger partial charge in [0.05, 0.1) is 12.1 Å². The van der Waals surface area contributed by atoms with Crippen molar-refractivity contribution in [2.24, 2.45) is 0 Å². The van der Waals surface area contributed by atoms with E-state index in [-0.39, 0.29) is 12.5 Å². The number of halogens is 1. The second-order valence-corrected chi connectivity index (χ2v) is 6.92. The van der Waals surface area contributed by atoms with Crippen LogP contribution in [0.15, 0.2) is 81.9 Å². The summed E-state index contributed by atoms with van der Waals surface area (Å²) >= 11 is 3.39. The van der Waals surface area contributed by atoms with Crippen LogP contribution >= 0.6 is 15.9 Å². The number of aromatic nitrogens is 3. The Kier molecular flexibility index (Phi) is 5.62. The van der Waals surface area contributed by atoms with E-state index in [1.54, 1.807) is 12.1 Å². The number of nitrogens with one attached hydrogen (secondary N) is 1. The highest BCUT2D eigenvalue weighted by atomic mass is 79.9. The monoisotopic (exact) mass is 450 g/mol. The predicted molar refractivity (Wildman–Crippen MR) is 109 cm³/mol. The Morgan fingerprint density at radius 2 is 1.93 bits per heavy atom. The number of nitrogens with zero attached hydrogens (tertiary/aromatic N) is 3. The molecule has 7 nitrogen and oxygen atoms in total. The number of rotatable bonds is 6. The summed E-state index contributed by atoms with van der Waals surface area (Å²) in [5, 5.41) is 6.63. The molecule has 0 saturated heterocycles. The fraction of sp³-hybridized carbons (Fsp3) is 0.0476. The summed E-state index contributed by atoms with van der Waals surface area (Å²) in [4.78, 5) is 20.8. The first kappa shape index (κ1) is 18.8. The summed E-state index contributed by atoms with van der Waals surface area (Å²) in [5.41, 5.74) is 1.22. The van der Waals surface area contributed by atoms with E-state index in [0.29, 0.717) is 28.9 Å². The Hall–Kier alpha value is -3.52. The van der Waals surface area contributed by atoms with Gasteiger partial charge < -0.3 is 14.6 Å². The molecule has 0 spiro atoms. The second-order valence-electron chi connectivity index (χ2n) is 6.01. The third-order valence-electron chi connectivity index (χ3n) is 3.91. The molecule has 144 valence electrons. The molecule has 2 aromatic heterocycles. The SMILES string of the molecule is O=C(NCc1noc(-c2ccccc2)n1)c1ccc(Oc2cccc(Br)c2)nc1. The number of amides is 1. The van der Waals surface area contributed by atoms with E-state index >= 15 is 0 Å². The summed E-state index contributed by atoms with van der Waals surface area (Å²) in [6, 6.07) is 20.1. The van der Waals surface area contributed by atoms with Gasteiger partial charge in [-0.1, -0.05) is 45.4 Å². The van der Waals surface area contributed by atoms with Crippen LogP contribution in [-0.4, -0.2) is 21.0 Å². The molecule has 0 fully saturated rings. The Bertz CT molecular complexity index is 1110. The van der Waals surface area contributed by atoms with Crippen LogP contribution in [0.4, 0.5) is 0 Å². The fourth-order valence-corrected chi connectivity index (χ4v) is 2.89. The maximum atomic E-state index is 12.3. The first-order valence-electron chi connectivity index (χ1n) is 8.73. The molecular weight excluding hydrogens is 436 g/mol. The average molecular weight is 451 g/mol. The number of carbonyl (C=O) groups is 1. The van der Waals surface area contributed by atoms with Gasteiger partial charge >= 0.3 is 0 Å². The van der Waals surface area contributed by atoms with Gasteiger partial charge in [0.15, 0.2) is 5.82 Å². The van der Waals surface area contributed by atoms with Crippen molar-refractivity contribution in [3.63, 3.8) is 0 Å². The number of hydrogen-bond acceptors (Lipinski definition) is 6. The molecule has 8 heteroatoms. The fourth-order valence-electron chi connectivity index (χ4n) is 2.51. The molecule has 2 heterocycles. The maximum Gasteiger partial charge on any atom is 0.257 e. The molecule has 0 bridgehead atoms. The highest BCUT2D eigenvalue weighted by Crippen LogP contribution is 2.23. The molecule has 1 N–H and O–H groups in total. The molecule has 29 heavy (non-hydrogen) atoms. The molecule has 0 unspecified atom stereocenters. The molecular formula is C21H15BrN4O3. The molecule has 0 aliphatic rings. The number of carbonyl (C=O) groups excluding carboxylic acids is 1. The van der Waals surface area contributed by atoms with E-state index in [0.717, 1.165) is 10.0 Å². The maximum absolute atomic E-state index is 12.3. The summed E-state index contributed by atoms with van der Waals surface area (Å²) in [7, 11) is 0. The lowest BCUT2D eigenvalue weighted by molar-refractivity contribution is 0.0949. The zero-order valence-corrected chi connectivity index (χ0v) is 16.7. The first-order valence-corrected chi connectivity index (χ1v) is 9.52. The van der Waals surface area contributed by atoms with Gasteiger partial charge in [-0.05, 0) is 36.4 Å². The molecule has 0 saturated carbocycles. The number of ether oxygens (including phenoxy) is 1. The highest BCUT2D eigenvalue weighted by Gasteiger charge is 2.11. The zero-order valence-electron chi connectivity index (χ0n) is 15.1. The van der Waals surface area contributed by atoms with Gasteiger partial charge in [-0.15, -0.1) is 0 Å². The molecule has 0 atom stereocenters. The minimum atomic E-state index is -0.294. The van der Waals surface area contributed by atoms with Crippen LogP contribution in [0.5, 0.6) is 11.6 Å². The number of pyridine rings is 1. The standard InChI is InChI=1S/C21H15BrN4O3/c22-16-7-4-8-17(11-16)28-19-10-9-15(12-23-19)20(27)24-13-18-25-21(29-26-18)14-5-2-1-3-6-14/h1-12H,13H2,(H,24,27). The Morgan fingerprint density at radius 1 is 1.07 bits per heavy atom. The van der Waals surface area contributed by atoms with Gasteiger partial charge in [-0.3, -0.25) is 4.79 Å². The molecule has 0 radical (unpaired) electrons. The first-order chi connectivity index (χ1) is 14.2. The van der Waals surface area contributed by atoms with Gasteiger partial charge in [0.1, 0.15) is 5.75 Å². The number of benzene rings is 2. The Morgan fingerprint density at radius 3 is 2.69 bits per heavy atom. The lowest BCUT2D eigenvalue weighted by Crippen LogP contribution is -2.23. The molecule has 4 rings (SSSR count). The van der Waals surface area contributed by atoms with E-state index in [1.807, 2.05) is 54.6 Å². The molecule has 2 aromatic carbocycles. The van der Waals surface area contributed by atoms with Crippen LogP contribution in [0.3, 0.4) is 0 Å². The molecule has 4 aromatic rings. The summed E-state index contributed by atoms with van der Waals surface area (Å²) in [6.07, 6.45) is 1.45. The average Bonchev–Trinajstić information content (AvgIpc) is 3.22. The highest BCUT2D eigenvalue weighted by molar-refractivity contribution is 9.10. The van der Waals surface area contributed by atoms with Crippen molar-refractivity contribution in [3.8, 4) is 23.1 Å². The van der Waals surface area contributed by atoms with Crippen molar-refractivity contribution in [2.45, 2.75) is 6.54 Å². The van der Waals surface area contributed by atoms with E-state index in [2.05, 4.69) is 36.4 Å². The lowest BCUT2D eigenvalue weighted by atomic mass is 10.2. The topological polar surface area (TPSA) is 90.1 Å². The second kappa shape index (κ2) is 8.66. The van der Waals surface area contributed by atoms with Gasteiger partial charge in [-0.2, -0.15) is 4.98 Å². The van der Waals surface area contributed by atoms with Crippen molar-refractivity contribution in [1.29, 1.82) is 0 Å². The van der Waals surface area contributed by atoms with Crippen molar-refractivity contribution in [2.75, 3.05) is 0 Å². The Labute approximate surface area is 174 Å². The van der Waals surface area contributed by atoms with E-state index < -0.39 is 0 Å². The summed E-state index contributed by atoms with van der Waals surface area (Å²) in [5.74, 6) is 1.55. The predicted octanol–water partition coefficient (Wildman–Crippen LogP) is 4.62. The smallest absolute Gasteiger partial charge is 0.257 e. The van der Waals surface area contributed by atoms with Crippen molar-refractivity contribution in [3.05, 3.63) is 88.8 Å². The third-order valence-corrected chi connectivity index (χ3v) is 4.41. The van der Waals surface area contributed by atoms with Crippen LogP contribution in [0.1, 0.15) is 16.2 Å². The van der Waals surface area contributed by atoms with E-state index in [1.165, 1.54) is 6.20 Å². The third kappa shape index (κ3) is 4.85. The van der Waals surface area contributed by atoms with Crippen LogP contribution in [0.2, 0.25) is 0 Å². The quantitative estimate of drug-likeness (QED) is 0.460. The normalized spacial score (nSPS) is 10.5. The molecule has 0 aliphatic heterocycles.